The molecule has 1 heterocycles. The third-order valence-electron chi connectivity index (χ3n) is 7.33. The second-order valence-corrected chi connectivity index (χ2v) is 8.56. The Kier molecular flexibility index (Phi) is 3.57. The van der Waals surface area contributed by atoms with Crippen LogP contribution in [0.15, 0.2) is 41.3 Å². The van der Waals surface area contributed by atoms with Gasteiger partial charge in [0.1, 0.15) is 6.54 Å². The fourth-order valence-electron chi connectivity index (χ4n) is 5.21. The fraction of sp³-hybridized carbons (Fsp3) is 0.524. The number of nitrogens with one attached hydrogen (secondary N) is 1. The Bertz CT molecular complexity index is 898. The van der Waals surface area contributed by atoms with Gasteiger partial charge < -0.3 is 9.88 Å². The van der Waals surface area contributed by atoms with E-state index in [1.807, 2.05) is 28.8 Å². The summed E-state index contributed by atoms with van der Waals surface area (Å²) in [6.45, 7) is 7.29. The van der Waals surface area contributed by atoms with Crippen LogP contribution >= 0.6 is 0 Å². The van der Waals surface area contributed by atoms with Gasteiger partial charge in [-0.1, -0.05) is 32.9 Å². The number of hydrogen-bond donors (Lipinski definition) is 1. The summed E-state index contributed by atoms with van der Waals surface area (Å²) in [6, 6.07) is 9.25. The van der Waals surface area contributed by atoms with Gasteiger partial charge in [0.15, 0.2) is 5.43 Å². The van der Waals surface area contributed by atoms with Gasteiger partial charge in [0.05, 0.1) is 5.52 Å². The molecule has 25 heavy (non-hydrogen) atoms. The van der Waals surface area contributed by atoms with Crippen LogP contribution in [0.3, 0.4) is 0 Å². The lowest BCUT2D eigenvalue weighted by Gasteiger charge is -2.39. The normalized spacial score (nSPS) is 29.9. The van der Waals surface area contributed by atoms with Crippen molar-refractivity contribution in [2.75, 3.05) is 0 Å². The van der Waals surface area contributed by atoms with E-state index >= 15 is 0 Å². The predicted molar refractivity (Wildman–Crippen MR) is 99.4 cm³/mol. The number of amides is 1. The van der Waals surface area contributed by atoms with Gasteiger partial charge in [-0.05, 0) is 48.1 Å². The molecule has 4 rings (SSSR count). The molecule has 0 aliphatic heterocycles. The molecule has 0 unspecified atom stereocenters. The van der Waals surface area contributed by atoms with Crippen LogP contribution in [-0.4, -0.2) is 16.5 Å². The topological polar surface area (TPSA) is 51.1 Å². The first-order chi connectivity index (χ1) is 11.8. The molecule has 0 saturated heterocycles. The van der Waals surface area contributed by atoms with Gasteiger partial charge in [0.2, 0.25) is 5.91 Å². The van der Waals surface area contributed by atoms with E-state index in [2.05, 4.69) is 26.1 Å². The minimum absolute atomic E-state index is 0.00498. The summed E-state index contributed by atoms with van der Waals surface area (Å²) in [4.78, 5) is 24.7. The van der Waals surface area contributed by atoms with Crippen LogP contribution in [0, 0.1) is 16.7 Å². The molecular weight excluding hydrogens is 312 g/mol. The minimum Gasteiger partial charge on any atom is -0.351 e. The lowest BCUT2D eigenvalue weighted by molar-refractivity contribution is -0.123. The number of carbonyl (C=O) groups excluding carboxylic acids is 1. The van der Waals surface area contributed by atoms with E-state index < -0.39 is 0 Å². The smallest absolute Gasteiger partial charge is 0.240 e. The zero-order valence-electron chi connectivity index (χ0n) is 15.2. The first-order valence-electron chi connectivity index (χ1n) is 9.20. The Hall–Kier alpha value is -2.10. The molecule has 1 aromatic carbocycles. The number of nitrogens with zero attached hydrogens (tertiary/aromatic N) is 1. The molecule has 1 aromatic heterocycles. The third kappa shape index (κ3) is 2.34. The van der Waals surface area contributed by atoms with Gasteiger partial charge in [0, 0.05) is 23.7 Å². The van der Waals surface area contributed by atoms with Crippen molar-refractivity contribution < 1.29 is 4.79 Å². The van der Waals surface area contributed by atoms with E-state index in [1.165, 1.54) is 18.9 Å². The first kappa shape index (κ1) is 16.4. The Morgan fingerprint density at radius 2 is 2.00 bits per heavy atom. The van der Waals surface area contributed by atoms with Gasteiger partial charge in [-0.3, -0.25) is 9.59 Å². The highest BCUT2D eigenvalue weighted by Crippen LogP contribution is 2.65. The maximum Gasteiger partial charge on any atom is 0.240 e. The van der Waals surface area contributed by atoms with Crippen molar-refractivity contribution in [2.45, 2.75) is 52.6 Å². The van der Waals surface area contributed by atoms with Crippen molar-refractivity contribution in [3.63, 3.8) is 0 Å². The van der Waals surface area contributed by atoms with Crippen molar-refractivity contribution in [2.24, 2.45) is 16.7 Å². The van der Waals surface area contributed by atoms with Crippen LogP contribution in [0.5, 0.6) is 0 Å². The standard InChI is InChI=1S/C21H26N2O2/c1-20(2)14-8-10-21(20,3)18(12-14)22-19(25)13-23-11-9-17(24)15-6-4-5-7-16(15)23/h4-7,9,11,14,18H,8,10,12-13H2,1-3H3,(H,22,25)/t14-,18-,21-/m0/s1. The molecule has 2 aliphatic carbocycles. The van der Waals surface area contributed by atoms with Crippen LogP contribution < -0.4 is 10.7 Å². The molecule has 2 bridgehead atoms. The van der Waals surface area contributed by atoms with E-state index in [1.54, 1.807) is 6.20 Å². The molecule has 2 saturated carbocycles. The summed E-state index contributed by atoms with van der Waals surface area (Å²) in [5, 5.41) is 3.95. The molecule has 0 radical (unpaired) electrons. The van der Waals surface area contributed by atoms with Gasteiger partial charge in [0.25, 0.3) is 0 Å². The fourth-order valence-corrected chi connectivity index (χ4v) is 5.21. The summed E-state index contributed by atoms with van der Waals surface area (Å²) in [5.41, 5.74) is 1.27. The second-order valence-electron chi connectivity index (χ2n) is 8.56. The van der Waals surface area contributed by atoms with Gasteiger partial charge in [-0.25, -0.2) is 0 Å². The molecule has 2 aromatic rings. The number of pyridine rings is 1. The number of benzene rings is 1. The van der Waals surface area contributed by atoms with Crippen molar-refractivity contribution in [3.8, 4) is 0 Å². The number of hydrogen-bond acceptors (Lipinski definition) is 2. The van der Waals surface area contributed by atoms with Crippen molar-refractivity contribution in [3.05, 3.63) is 46.8 Å². The monoisotopic (exact) mass is 338 g/mol. The minimum atomic E-state index is -0.00498. The third-order valence-corrected chi connectivity index (χ3v) is 7.33. The summed E-state index contributed by atoms with van der Waals surface area (Å²) < 4.78 is 1.87. The molecule has 3 atom stereocenters. The van der Waals surface area contributed by atoms with Crippen molar-refractivity contribution in [1.29, 1.82) is 0 Å². The summed E-state index contributed by atoms with van der Waals surface area (Å²) in [7, 11) is 0. The zero-order valence-corrected chi connectivity index (χ0v) is 15.2. The Labute approximate surface area is 148 Å². The SMILES string of the molecule is CC1(C)[C@H]2CC[C@@]1(C)[C@@H](NC(=O)Cn1ccc(=O)c3ccccc31)C2. The Balaban J connectivity index is 1.55. The van der Waals surface area contributed by atoms with E-state index in [0.717, 1.165) is 11.9 Å². The Morgan fingerprint density at radius 3 is 2.68 bits per heavy atom. The summed E-state index contributed by atoms with van der Waals surface area (Å²) >= 11 is 0. The molecule has 0 spiro atoms. The maximum atomic E-state index is 12.7. The van der Waals surface area contributed by atoms with Crippen LogP contribution in [0.1, 0.15) is 40.0 Å². The van der Waals surface area contributed by atoms with Crippen LogP contribution in [-0.2, 0) is 11.3 Å². The summed E-state index contributed by atoms with van der Waals surface area (Å²) in [5.74, 6) is 0.736. The predicted octanol–water partition coefficient (Wildman–Crippen LogP) is 3.33. The summed E-state index contributed by atoms with van der Waals surface area (Å²) in [6.07, 6.45) is 5.27. The number of fused-ring (bicyclic) bond motifs is 3. The maximum absolute atomic E-state index is 12.7. The van der Waals surface area contributed by atoms with E-state index in [0.29, 0.717) is 11.3 Å². The number of aromatic nitrogens is 1. The van der Waals surface area contributed by atoms with Crippen molar-refractivity contribution in [1.82, 2.24) is 9.88 Å². The first-order valence-corrected chi connectivity index (χ1v) is 9.20. The average Bonchev–Trinajstić information content (AvgIpc) is 2.91. The largest absolute Gasteiger partial charge is 0.351 e. The van der Waals surface area contributed by atoms with Gasteiger partial charge in [-0.2, -0.15) is 0 Å². The number of rotatable bonds is 3. The van der Waals surface area contributed by atoms with Gasteiger partial charge >= 0.3 is 0 Å². The lowest BCUT2D eigenvalue weighted by Crippen LogP contribution is -2.47. The van der Waals surface area contributed by atoms with E-state index in [9.17, 15) is 9.59 Å². The number of carbonyl (C=O) groups is 1. The molecular formula is C21H26N2O2. The van der Waals surface area contributed by atoms with E-state index in [-0.39, 0.29) is 34.8 Å². The van der Waals surface area contributed by atoms with Crippen LogP contribution in [0.4, 0.5) is 0 Å². The zero-order chi connectivity index (χ0) is 17.8. The van der Waals surface area contributed by atoms with Crippen LogP contribution in [0.2, 0.25) is 0 Å². The molecule has 4 heteroatoms. The lowest BCUT2D eigenvalue weighted by atomic mass is 9.69. The molecule has 1 amide bonds. The molecule has 132 valence electrons. The molecule has 2 aliphatic rings. The molecule has 4 nitrogen and oxygen atoms in total. The molecule has 1 N–H and O–H groups in total. The van der Waals surface area contributed by atoms with Crippen molar-refractivity contribution >= 4 is 16.8 Å². The quantitative estimate of drug-likeness (QED) is 0.933. The highest BCUT2D eigenvalue weighted by molar-refractivity contribution is 5.82. The Morgan fingerprint density at radius 1 is 1.24 bits per heavy atom. The number of para-hydroxylation sites is 1. The second kappa shape index (κ2) is 5.45. The highest BCUT2D eigenvalue weighted by Gasteiger charge is 2.61. The average molecular weight is 338 g/mol. The van der Waals surface area contributed by atoms with Gasteiger partial charge in [-0.15, -0.1) is 0 Å². The van der Waals surface area contributed by atoms with E-state index in [4.69, 9.17) is 0 Å². The highest BCUT2D eigenvalue weighted by atomic mass is 16.2. The van der Waals surface area contributed by atoms with Crippen LogP contribution in [0.25, 0.3) is 10.9 Å². The molecule has 2 fully saturated rings.